The van der Waals surface area contributed by atoms with Crippen molar-refractivity contribution >= 4 is 5.91 Å². The molecule has 12 heteroatoms. The maximum Gasteiger partial charge on any atom is 0.417 e. The Morgan fingerprint density at radius 3 is 2.56 bits per heavy atom. The Morgan fingerprint density at radius 2 is 1.87 bits per heavy atom. The van der Waals surface area contributed by atoms with Crippen molar-refractivity contribution in [1.29, 1.82) is 0 Å². The van der Waals surface area contributed by atoms with Crippen molar-refractivity contribution in [1.82, 2.24) is 19.9 Å². The number of nitrogens with zero attached hydrogens (tertiary/aromatic N) is 4. The second-order valence-corrected chi connectivity index (χ2v) is 9.47. The van der Waals surface area contributed by atoms with E-state index in [0.717, 1.165) is 18.7 Å². The summed E-state index contributed by atoms with van der Waals surface area (Å²) in [6, 6.07) is 7.10. The third-order valence-corrected chi connectivity index (χ3v) is 7.15. The fraction of sp³-hybridized carbons (Fsp3) is 0.407. The summed E-state index contributed by atoms with van der Waals surface area (Å²) in [4.78, 5) is 27.9. The summed E-state index contributed by atoms with van der Waals surface area (Å²) in [5.41, 5.74) is -0.797. The van der Waals surface area contributed by atoms with Crippen LogP contribution in [0.1, 0.15) is 35.2 Å². The second-order valence-electron chi connectivity index (χ2n) is 9.47. The number of methoxy groups -OCH3 is 1. The normalized spacial score (nSPS) is 22.6. The number of fused-ring (bicyclic) bond motifs is 3. The number of benzene rings is 1. The van der Waals surface area contributed by atoms with Gasteiger partial charge in [0.1, 0.15) is 18.7 Å². The molecule has 1 aliphatic carbocycles. The Morgan fingerprint density at radius 1 is 1.08 bits per heavy atom. The summed E-state index contributed by atoms with van der Waals surface area (Å²) in [7, 11) is 1.50. The molecule has 1 amide bonds. The third kappa shape index (κ3) is 5.57. The van der Waals surface area contributed by atoms with Crippen LogP contribution in [-0.4, -0.2) is 64.5 Å². The number of hydrogen-bond donors (Lipinski definition) is 0. The van der Waals surface area contributed by atoms with E-state index in [1.807, 2.05) is 0 Å². The van der Waals surface area contributed by atoms with Gasteiger partial charge in [-0.1, -0.05) is 6.07 Å². The number of ether oxygens (including phenoxy) is 3. The summed E-state index contributed by atoms with van der Waals surface area (Å²) >= 11 is 0. The second kappa shape index (κ2) is 11.2. The largest absolute Gasteiger partial charge is 0.472 e. The molecule has 3 aromatic rings. The molecule has 0 radical (unpaired) electrons. The minimum Gasteiger partial charge on any atom is -0.472 e. The number of rotatable bonds is 8. The van der Waals surface area contributed by atoms with Gasteiger partial charge in [0.15, 0.2) is 5.82 Å². The van der Waals surface area contributed by atoms with Crippen LogP contribution < -0.4 is 4.74 Å². The fourth-order valence-electron chi connectivity index (χ4n) is 5.45. The number of hydrogen-bond acceptors (Lipinski definition) is 7. The molecule has 3 aliphatic rings. The van der Waals surface area contributed by atoms with E-state index in [-0.39, 0.29) is 48.2 Å². The van der Waals surface area contributed by atoms with Gasteiger partial charge in [0.25, 0.3) is 5.91 Å². The Hall–Kier alpha value is -3.64. The predicted octanol–water partition coefficient (Wildman–Crippen LogP) is 4.76. The molecule has 3 fully saturated rings. The highest BCUT2D eigenvalue weighted by Gasteiger charge is 2.51. The predicted molar refractivity (Wildman–Crippen MR) is 130 cm³/mol. The smallest absolute Gasteiger partial charge is 0.417 e. The van der Waals surface area contributed by atoms with E-state index in [0.29, 0.717) is 12.8 Å². The van der Waals surface area contributed by atoms with E-state index in [1.165, 1.54) is 43.8 Å². The molecular formula is C27H26F4N4O4. The first-order chi connectivity index (χ1) is 18.8. The minimum absolute atomic E-state index is 0.0111. The standard InChI is InChI=1S/C27H26F4N4O4/c1-37-15-38-14-21-16-6-8-20(22(12-16)39-23-9-7-17(13-34-23)27(29,30)31)35(21)26(36)18-4-2-5-19(28)24(18)25-32-10-3-11-33-25/h2-5,7,9-11,13,16,20-22H,6,8,12,14-15H2,1H3. The molecule has 4 atom stereocenters. The van der Waals surface area contributed by atoms with Gasteiger partial charge in [-0.3, -0.25) is 4.79 Å². The molecule has 39 heavy (non-hydrogen) atoms. The number of carbonyl (C=O) groups is 1. The van der Waals surface area contributed by atoms with Gasteiger partial charge >= 0.3 is 6.18 Å². The molecule has 4 heterocycles. The number of piperidine rings is 2. The van der Waals surface area contributed by atoms with E-state index in [2.05, 4.69) is 15.0 Å². The lowest BCUT2D eigenvalue weighted by Gasteiger charge is -2.54. The zero-order valence-electron chi connectivity index (χ0n) is 21.0. The number of alkyl halides is 3. The topological polar surface area (TPSA) is 86.7 Å². The third-order valence-electron chi connectivity index (χ3n) is 7.15. The van der Waals surface area contributed by atoms with Crippen LogP contribution >= 0.6 is 0 Å². The number of pyridine rings is 1. The quantitative estimate of drug-likeness (QED) is 0.229. The molecular weight excluding hydrogens is 520 g/mol. The maximum atomic E-state index is 15.1. The first-order valence-electron chi connectivity index (χ1n) is 12.4. The van der Waals surface area contributed by atoms with Gasteiger partial charge in [0.05, 0.1) is 35.4 Å². The number of carbonyl (C=O) groups excluding carboxylic acids is 1. The molecule has 2 aliphatic heterocycles. The highest BCUT2D eigenvalue weighted by Crippen LogP contribution is 2.43. The van der Waals surface area contributed by atoms with Gasteiger partial charge in [0, 0.05) is 31.8 Å². The Balaban J connectivity index is 1.47. The van der Waals surface area contributed by atoms with Crippen LogP contribution in [0.25, 0.3) is 11.4 Å². The Labute approximate surface area is 221 Å². The summed E-state index contributed by atoms with van der Waals surface area (Å²) in [6.45, 7) is 0.229. The molecule has 1 aromatic carbocycles. The van der Waals surface area contributed by atoms with Crippen LogP contribution in [-0.2, 0) is 15.7 Å². The number of halogens is 4. The van der Waals surface area contributed by atoms with E-state index >= 15 is 4.39 Å². The van der Waals surface area contributed by atoms with Crippen molar-refractivity contribution in [3.63, 3.8) is 0 Å². The maximum absolute atomic E-state index is 15.1. The summed E-state index contributed by atoms with van der Waals surface area (Å²) in [6.07, 6.45) is 0.556. The van der Waals surface area contributed by atoms with Crippen LogP contribution in [0.15, 0.2) is 55.0 Å². The molecule has 6 rings (SSSR count). The lowest BCUT2D eigenvalue weighted by molar-refractivity contribution is -0.137. The van der Waals surface area contributed by atoms with Crippen LogP contribution in [0.4, 0.5) is 17.6 Å². The first kappa shape index (κ1) is 26.9. The molecule has 206 valence electrons. The minimum atomic E-state index is -4.51. The van der Waals surface area contributed by atoms with Gasteiger partial charge < -0.3 is 19.1 Å². The average molecular weight is 547 g/mol. The highest BCUT2D eigenvalue weighted by molar-refractivity contribution is 6.00. The molecule has 2 bridgehead atoms. The molecule has 2 aromatic heterocycles. The first-order valence-corrected chi connectivity index (χ1v) is 12.4. The van der Waals surface area contributed by atoms with E-state index in [1.54, 1.807) is 11.0 Å². The summed E-state index contributed by atoms with van der Waals surface area (Å²) in [5.74, 6) is -0.992. The van der Waals surface area contributed by atoms with Crippen LogP contribution in [0.2, 0.25) is 0 Å². The van der Waals surface area contributed by atoms with Gasteiger partial charge in [0.2, 0.25) is 5.88 Å². The van der Waals surface area contributed by atoms with Crippen LogP contribution in [0.3, 0.4) is 0 Å². The summed E-state index contributed by atoms with van der Waals surface area (Å²) in [5, 5.41) is 0. The molecule has 0 N–H and O–H groups in total. The van der Waals surface area contributed by atoms with Crippen LogP contribution in [0.5, 0.6) is 5.88 Å². The fourth-order valence-corrected chi connectivity index (χ4v) is 5.45. The molecule has 2 saturated heterocycles. The van der Waals surface area contributed by atoms with Crippen molar-refractivity contribution < 1.29 is 36.6 Å². The van der Waals surface area contributed by atoms with Crippen molar-refractivity contribution in [2.24, 2.45) is 5.92 Å². The van der Waals surface area contributed by atoms with Crippen LogP contribution in [0, 0.1) is 11.7 Å². The van der Waals surface area contributed by atoms with Crippen molar-refractivity contribution in [2.75, 3.05) is 20.5 Å². The Kier molecular flexibility index (Phi) is 7.76. The highest BCUT2D eigenvalue weighted by atomic mass is 19.4. The Bertz CT molecular complexity index is 1290. The molecule has 1 saturated carbocycles. The number of aromatic nitrogens is 3. The SMILES string of the molecule is COCOCC1C2CCC(C(Oc3ccc(C(F)(F)F)cn3)C2)N1C(=O)c1cccc(F)c1-c1ncccn1. The van der Waals surface area contributed by atoms with E-state index < -0.39 is 35.6 Å². The van der Waals surface area contributed by atoms with Crippen molar-refractivity contribution in [3.05, 3.63) is 71.9 Å². The lowest BCUT2D eigenvalue weighted by Crippen LogP contribution is -2.65. The van der Waals surface area contributed by atoms with E-state index in [4.69, 9.17) is 14.2 Å². The summed E-state index contributed by atoms with van der Waals surface area (Å²) < 4.78 is 70.7. The van der Waals surface area contributed by atoms with Crippen molar-refractivity contribution in [2.45, 2.75) is 43.6 Å². The zero-order chi connectivity index (χ0) is 27.6. The monoisotopic (exact) mass is 546 g/mol. The molecule has 8 nitrogen and oxygen atoms in total. The zero-order valence-corrected chi connectivity index (χ0v) is 21.0. The molecule has 4 unspecified atom stereocenters. The van der Waals surface area contributed by atoms with E-state index in [9.17, 15) is 18.0 Å². The average Bonchev–Trinajstić information content (AvgIpc) is 2.93. The molecule has 0 spiro atoms. The lowest BCUT2D eigenvalue weighted by atomic mass is 9.72. The van der Waals surface area contributed by atoms with Gasteiger partial charge in [-0.15, -0.1) is 0 Å². The van der Waals surface area contributed by atoms with Gasteiger partial charge in [-0.2, -0.15) is 13.2 Å². The van der Waals surface area contributed by atoms with Crippen molar-refractivity contribution in [3.8, 4) is 17.3 Å². The van der Waals surface area contributed by atoms with Gasteiger partial charge in [-0.25, -0.2) is 19.3 Å². The van der Waals surface area contributed by atoms with Gasteiger partial charge in [-0.05, 0) is 49.4 Å². The number of amides is 1.